The van der Waals surface area contributed by atoms with E-state index in [4.69, 9.17) is 10.2 Å². The Morgan fingerprint density at radius 1 is 1.50 bits per heavy atom. The zero-order chi connectivity index (χ0) is 10.1. The van der Waals surface area contributed by atoms with E-state index in [0.717, 1.165) is 16.3 Å². The first-order valence-corrected chi connectivity index (χ1v) is 5.36. The Balaban J connectivity index is 2.52. The van der Waals surface area contributed by atoms with Gasteiger partial charge in [-0.15, -0.1) is 11.3 Å². The number of nitrogen functional groups attached to an aromatic ring is 1. The first kappa shape index (κ1) is 9.27. The van der Waals surface area contributed by atoms with E-state index in [1.807, 2.05) is 17.5 Å². The quantitative estimate of drug-likeness (QED) is 0.825. The third kappa shape index (κ3) is 1.53. The average molecular weight is 208 g/mol. The van der Waals surface area contributed by atoms with Gasteiger partial charge in [0.25, 0.3) is 6.01 Å². The molecule has 2 aromatic heterocycles. The molecule has 0 unspecified atom stereocenters. The smallest absolute Gasteiger partial charge is 0.292 e. The topological polar surface area (TPSA) is 52.0 Å². The van der Waals surface area contributed by atoms with Crippen molar-refractivity contribution in [2.24, 2.45) is 0 Å². The van der Waals surface area contributed by atoms with Crippen LogP contribution in [0, 0.1) is 0 Å². The molecule has 0 aromatic carbocycles. The molecule has 0 radical (unpaired) electrons. The SMILES string of the molecule is CC(C)c1oc(N)nc1-c1cccs1. The van der Waals surface area contributed by atoms with Gasteiger partial charge in [-0.2, -0.15) is 4.98 Å². The van der Waals surface area contributed by atoms with Gasteiger partial charge in [-0.25, -0.2) is 0 Å². The standard InChI is InChI=1S/C10H12N2OS/c1-6(2)9-8(12-10(11)13-9)7-4-3-5-14-7/h3-6H,1-2H3,(H2,11,12). The Hall–Kier alpha value is -1.29. The van der Waals surface area contributed by atoms with Crippen molar-refractivity contribution in [3.8, 4) is 10.6 Å². The zero-order valence-electron chi connectivity index (χ0n) is 8.15. The molecule has 0 aliphatic heterocycles. The van der Waals surface area contributed by atoms with Gasteiger partial charge in [0.1, 0.15) is 11.5 Å². The van der Waals surface area contributed by atoms with E-state index >= 15 is 0 Å². The number of thiophene rings is 1. The summed E-state index contributed by atoms with van der Waals surface area (Å²) in [5.74, 6) is 1.17. The fraction of sp³-hybridized carbons (Fsp3) is 0.300. The lowest BCUT2D eigenvalue weighted by molar-refractivity contribution is 0.501. The van der Waals surface area contributed by atoms with Gasteiger partial charge in [0.15, 0.2) is 0 Å². The largest absolute Gasteiger partial charge is 0.428 e. The van der Waals surface area contributed by atoms with Crippen LogP contribution in [0.15, 0.2) is 21.9 Å². The van der Waals surface area contributed by atoms with Crippen LogP contribution in [0.4, 0.5) is 6.01 Å². The minimum absolute atomic E-state index is 0.247. The van der Waals surface area contributed by atoms with Crippen molar-refractivity contribution in [2.75, 3.05) is 5.73 Å². The number of hydrogen-bond acceptors (Lipinski definition) is 4. The molecule has 0 spiro atoms. The Kier molecular flexibility index (Phi) is 2.29. The van der Waals surface area contributed by atoms with Gasteiger partial charge in [-0.05, 0) is 11.4 Å². The van der Waals surface area contributed by atoms with Gasteiger partial charge in [-0.3, -0.25) is 0 Å². The summed E-state index contributed by atoms with van der Waals surface area (Å²) in [5.41, 5.74) is 6.43. The molecule has 14 heavy (non-hydrogen) atoms. The van der Waals surface area contributed by atoms with Gasteiger partial charge in [0.2, 0.25) is 0 Å². The minimum Gasteiger partial charge on any atom is -0.428 e. The summed E-state index contributed by atoms with van der Waals surface area (Å²) in [6.45, 7) is 4.13. The molecule has 0 saturated heterocycles. The molecule has 0 fully saturated rings. The number of hydrogen-bond donors (Lipinski definition) is 1. The van der Waals surface area contributed by atoms with Crippen LogP contribution in [-0.4, -0.2) is 4.98 Å². The van der Waals surface area contributed by atoms with E-state index in [-0.39, 0.29) is 6.01 Å². The van der Waals surface area contributed by atoms with Gasteiger partial charge in [0.05, 0.1) is 4.88 Å². The highest BCUT2D eigenvalue weighted by Crippen LogP contribution is 2.32. The van der Waals surface area contributed by atoms with Crippen molar-refractivity contribution in [1.82, 2.24) is 4.98 Å². The Morgan fingerprint density at radius 2 is 2.29 bits per heavy atom. The Morgan fingerprint density at radius 3 is 2.86 bits per heavy atom. The number of rotatable bonds is 2. The molecule has 2 aromatic rings. The summed E-state index contributed by atoms with van der Waals surface area (Å²) in [4.78, 5) is 5.30. The zero-order valence-corrected chi connectivity index (χ0v) is 8.97. The highest BCUT2D eigenvalue weighted by Gasteiger charge is 2.16. The van der Waals surface area contributed by atoms with Crippen LogP contribution in [0.1, 0.15) is 25.5 Å². The second-order valence-corrected chi connectivity index (χ2v) is 4.34. The molecule has 0 amide bonds. The highest BCUT2D eigenvalue weighted by atomic mass is 32.1. The van der Waals surface area contributed by atoms with Gasteiger partial charge < -0.3 is 10.2 Å². The van der Waals surface area contributed by atoms with Crippen LogP contribution in [-0.2, 0) is 0 Å². The van der Waals surface area contributed by atoms with E-state index in [1.54, 1.807) is 11.3 Å². The molecule has 2 heterocycles. The molecule has 0 bridgehead atoms. The van der Waals surface area contributed by atoms with E-state index in [0.29, 0.717) is 5.92 Å². The van der Waals surface area contributed by atoms with E-state index < -0.39 is 0 Å². The van der Waals surface area contributed by atoms with Crippen molar-refractivity contribution in [3.63, 3.8) is 0 Å². The van der Waals surface area contributed by atoms with Gasteiger partial charge in [-0.1, -0.05) is 19.9 Å². The van der Waals surface area contributed by atoms with Crippen molar-refractivity contribution >= 4 is 17.4 Å². The van der Waals surface area contributed by atoms with E-state index in [1.165, 1.54) is 0 Å². The second-order valence-electron chi connectivity index (χ2n) is 3.40. The normalized spacial score (nSPS) is 11.1. The Labute approximate surface area is 86.6 Å². The maximum absolute atomic E-state index is 5.55. The fourth-order valence-corrected chi connectivity index (χ4v) is 2.05. The molecule has 3 nitrogen and oxygen atoms in total. The first-order chi connectivity index (χ1) is 6.68. The summed E-state index contributed by atoms with van der Waals surface area (Å²) in [6.07, 6.45) is 0. The molecular weight excluding hydrogens is 196 g/mol. The number of aromatic nitrogens is 1. The maximum atomic E-state index is 5.55. The van der Waals surface area contributed by atoms with Crippen LogP contribution >= 0.6 is 11.3 Å². The summed E-state index contributed by atoms with van der Waals surface area (Å²) in [6, 6.07) is 4.26. The first-order valence-electron chi connectivity index (χ1n) is 4.48. The molecule has 0 aliphatic carbocycles. The van der Waals surface area contributed by atoms with Crippen LogP contribution in [0.3, 0.4) is 0 Å². The maximum Gasteiger partial charge on any atom is 0.292 e. The van der Waals surface area contributed by atoms with Crippen LogP contribution in [0.2, 0.25) is 0 Å². The summed E-state index contributed by atoms with van der Waals surface area (Å²) in [7, 11) is 0. The predicted octanol–water partition coefficient (Wildman–Crippen LogP) is 3.11. The van der Waals surface area contributed by atoms with E-state index in [2.05, 4.69) is 18.8 Å². The summed E-state index contributed by atoms with van der Waals surface area (Å²) >= 11 is 1.64. The number of nitrogens with zero attached hydrogens (tertiary/aromatic N) is 1. The second kappa shape index (κ2) is 3.46. The van der Waals surface area contributed by atoms with Crippen molar-refractivity contribution in [3.05, 3.63) is 23.3 Å². The van der Waals surface area contributed by atoms with Crippen LogP contribution < -0.4 is 5.73 Å². The third-order valence-electron chi connectivity index (χ3n) is 1.95. The lowest BCUT2D eigenvalue weighted by Crippen LogP contribution is -1.86. The number of oxazole rings is 1. The molecular formula is C10H12N2OS. The Bertz CT molecular complexity index is 417. The van der Waals surface area contributed by atoms with Gasteiger partial charge in [0, 0.05) is 5.92 Å². The number of anilines is 1. The summed E-state index contributed by atoms with van der Waals surface area (Å²) < 4.78 is 5.37. The van der Waals surface area contributed by atoms with Crippen molar-refractivity contribution in [1.29, 1.82) is 0 Å². The highest BCUT2D eigenvalue weighted by molar-refractivity contribution is 7.13. The van der Waals surface area contributed by atoms with Crippen molar-refractivity contribution < 1.29 is 4.42 Å². The number of nitrogens with two attached hydrogens (primary N) is 1. The lowest BCUT2D eigenvalue weighted by Gasteiger charge is -2.00. The van der Waals surface area contributed by atoms with E-state index in [9.17, 15) is 0 Å². The molecule has 0 atom stereocenters. The van der Waals surface area contributed by atoms with Crippen molar-refractivity contribution in [2.45, 2.75) is 19.8 Å². The molecule has 0 saturated carbocycles. The molecule has 2 rings (SSSR count). The lowest BCUT2D eigenvalue weighted by atomic mass is 10.1. The molecule has 2 N–H and O–H groups in total. The third-order valence-corrected chi connectivity index (χ3v) is 2.83. The molecule has 4 heteroatoms. The predicted molar refractivity (Wildman–Crippen MR) is 58.3 cm³/mol. The minimum atomic E-state index is 0.247. The molecule has 74 valence electrons. The average Bonchev–Trinajstić information content (AvgIpc) is 2.70. The van der Waals surface area contributed by atoms with Crippen LogP contribution in [0.5, 0.6) is 0 Å². The van der Waals surface area contributed by atoms with Gasteiger partial charge >= 0.3 is 0 Å². The van der Waals surface area contributed by atoms with Crippen LogP contribution in [0.25, 0.3) is 10.6 Å². The molecule has 0 aliphatic rings. The fourth-order valence-electron chi connectivity index (χ4n) is 1.33. The summed E-state index contributed by atoms with van der Waals surface area (Å²) in [5, 5.41) is 2.02. The monoisotopic (exact) mass is 208 g/mol.